The number of ether oxygens (including phenoxy) is 2. The molecule has 0 bridgehead atoms. The van der Waals surface area contributed by atoms with Crippen LogP contribution in [0.25, 0.3) is 0 Å². The first-order valence-corrected chi connectivity index (χ1v) is 11.2. The van der Waals surface area contributed by atoms with Gasteiger partial charge in [0, 0.05) is 25.2 Å². The Kier molecular flexibility index (Phi) is 8.62. The first-order chi connectivity index (χ1) is 16.2. The molecule has 2 saturated heterocycles. The SMILES string of the molecule is N#CCN1CCN(C(=N)C2CCCCC2)C(=N)C1.Nc1ncc(C(F)(F)F)c(OC2COC2)n1. The van der Waals surface area contributed by atoms with E-state index in [0.717, 1.165) is 19.4 Å². The van der Waals surface area contributed by atoms with Gasteiger partial charge in [0.1, 0.15) is 23.3 Å². The topological polar surface area (TPSA) is 148 Å². The number of hydrogen-bond acceptors (Lipinski definition) is 9. The third-order valence-corrected chi connectivity index (χ3v) is 5.88. The Balaban J connectivity index is 0.000000192. The molecule has 0 radical (unpaired) electrons. The van der Waals surface area contributed by atoms with Crippen molar-refractivity contribution in [2.45, 2.75) is 44.4 Å². The van der Waals surface area contributed by atoms with Gasteiger partial charge in [-0.3, -0.25) is 15.7 Å². The van der Waals surface area contributed by atoms with Crippen LogP contribution < -0.4 is 10.5 Å². The number of piperazine rings is 1. The van der Waals surface area contributed by atoms with Crippen molar-refractivity contribution < 1.29 is 22.6 Å². The van der Waals surface area contributed by atoms with Gasteiger partial charge in [0.25, 0.3) is 0 Å². The number of nitrogens with two attached hydrogens (primary N) is 1. The van der Waals surface area contributed by atoms with Gasteiger partial charge in [0.15, 0.2) is 0 Å². The fourth-order valence-corrected chi connectivity index (χ4v) is 3.95. The minimum absolute atomic E-state index is 0.251. The van der Waals surface area contributed by atoms with Gasteiger partial charge in [-0.2, -0.15) is 23.4 Å². The van der Waals surface area contributed by atoms with Crippen molar-refractivity contribution in [2.75, 3.05) is 45.1 Å². The van der Waals surface area contributed by atoms with Gasteiger partial charge in [-0.15, -0.1) is 0 Å². The van der Waals surface area contributed by atoms with Gasteiger partial charge < -0.3 is 20.1 Å². The largest absolute Gasteiger partial charge is 0.469 e. The molecule has 1 saturated carbocycles. The predicted octanol–water partition coefficient (Wildman–Crippen LogP) is 2.52. The van der Waals surface area contributed by atoms with Crippen LogP contribution in [0.5, 0.6) is 5.88 Å². The van der Waals surface area contributed by atoms with Crippen LogP contribution in [0.2, 0.25) is 0 Å². The zero-order chi connectivity index (χ0) is 24.7. The Bertz CT molecular complexity index is 910. The molecular weight excluding hydrogens is 453 g/mol. The zero-order valence-electron chi connectivity index (χ0n) is 18.8. The van der Waals surface area contributed by atoms with Crippen LogP contribution in [0.4, 0.5) is 19.1 Å². The molecular formula is C21H29F3N8O2. The summed E-state index contributed by atoms with van der Waals surface area (Å²) in [6.07, 6.45) is 1.57. The monoisotopic (exact) mass is 482 g/mol. The second-order valence-electron chi connectivity index (χ2n) is 8.41. The highest BCUT2D eigenvalue weighted by Crippen LogP contribution is 2.35. The van der Waals surface area contributed by atoms with Crippen LogP contribution in [-0.4, -0.2) is 76.9 Å². The minimum atomic E-state index is -4.56. The molecule has 4 rings (SSSR count). The number of anilines is 1. The molecule has 4 N–H and O–H groups in total. The molecule has 3 fully saturated rings. The van der Waals surface area contributed by atoms with E-state index in [1.165, 1.54) is 19.3 Å². The van der Waals surface area contributed by atoms with Gasteiger partial charge >= 0.3 is 6.18 Å². The Morgan fingerprint density at radius 3 is 2.53 bits per heavy atom. The van der Waals surface area contributed by atoms with Crippen molar-refractivity contribution in [3.05, 3.63) is 11.8 Å². The lowest BCUT2D eigenvalue weighted by Gasteiger charge is -2.38. The van der Waals surface area contributed by atoms with E-state index in [2.05, 4.69) is 16.0 Å². The molecule has 186 valence electrons. The number of hydrogen-bond donors (Lipinski definition) is 3. The molecule has 1 aromatic heterocycles. The van der Waals surface area contributed by atoms with Crippen molar-refractivity contribution in [1.29, 1.82) is 16.1 Å². The van der Waals surface area contributed by atoms with Crippen LogP contribution in [0.3, 0.4) is 0 Å². The fourth-order valence-electron chi connectivity index (χ4n) is 3.95. The number of rotatable bonds is 4. The third-order valence-electron chi connectivity index (χ3n) is 5.88. The van der Waals surface area contributed by atoms with Crippen LogP contribution in [0, 0.1) is 28.1 Å². The van der Waals surface area contributed by atoms with Gasteiger partial charge in [-0.1, -0.05) is 19.3 Å². The summed E-state index contributed by atoms with van der Waals surface area (Å²) >= 11 is 0. The number of nitrogens with one attached hydrogen (secondary N) is 2. The van der Waals surface area contributed by atoms with Gasteiger partial charge in [-0.05, 0) is 12.8 Å². The van der Waals surface area contributed by atoms with E-state index in [-0.39, 0.29) is 19.2 Å². The number of halogens is 3. The zero-order valence-corrected chi connectivity index (χ0v) is 18.8. The van der Waals surface area contributed by atoms with E-state index in [1.54, 1.807) is 0 Å². The maximum Gasteiger partial charge on any atom is 0.423 e. The van der Waals surface area contributed by atoms with Crippen molar-refractivity contribution in [1.82, 2.24) is 19.8 Å². The molecule has 2 aliphatic heterocycles. The molecule has 34 heavy (non-hydrogen) atoms. The number of nitriles is 1. The standard InChI is InChI=1S/C13H21N5.C8H8F3N3O2/c14-6-7-17-8-9-18(12(15)10-17)13(16)11-4-2-1-3-5-11;9-8(10,11)5-1-13-7(12)14-6(5)16-4-2-15-3-4/h11,15-16H,1-5,7-10H2;1,4H,2-3H2,(H2,12,13,14). The van der Waals surface area contributed by atoms with Crippen molar-refractivity contribution in [3.63, 3.8) is 0 Å². The molecule has 3 aliphatic rings. The molecule has 0 aromatic carbocycles. The summed E-state index contributed by atoms with van der Waals surface area (Å²) in [4.78, 5) is 10.5. The second kappa shape index (κ2) is 11.4. The summed E-state index contributed by atoms with van der Waals surface area (Å²) in [6.45, 7) is 2.86. The first kappa shape index (κ1) is 25.6. The van der Waals surface area contributed by atoms with E-state index in [1.807, 2.05) is 9.80 Å². The molecule has 13 heteroatoms. The van der Waals surface area contributed by atoms with Gasteiger partial charge in [0.2, 0.25) is 11.8 Å². The number of aromatic nitrogens is 2. The molecule has 0 amide bonds. The van der Waals surface area contributed by atoms with E-state index < -0.39 is 23.7 Å². The maximum atomic E-state index is 12.5. The van der Waals surface area contributed by atoms with Crippen molar-refractivity contribution >= 4 is 17.6 Å². The Morgan fingerprint density at radius 1 is 1.26 bits per heavy atom. The van der Waals surface area contributed by atoms with Gasteiger partial charge in [-0.25, -0.2) is 4.98 Å². The lowest BCUT2D eigenvalue weighted by atomic mass is 9.87. The first-order valence-electron chi connectivity index (χ1n) is 11.2. The van der Waals surface area contributed by atoms with E-state index in [9.17, 15) is 13.2 Å². The van der Waals surface area contributed by atoms with Crippen molar-refractivity contribution in [2.24, 2.45) is 5.92 Å². The average Bonchev–Trinajstić information content (AvgIpc) is 2.76. The van der Waals surface area contributed by atoms with E-state index in [4.69, 9.17) is 31.3 Å². The molecule has 0 unspecified atom stereocenters. The summed E-state index contributed by atoms with van der Waals surface area (Å²) in [6, 6.07) is 2.12. The molecule has 0 atom stereocenters. The number of amidine groups is 2. The summed E-state index contributed by atoms with van der Waals surface area (Å²) in [5.41, 5.74) is 4.17. The summed E-state index contributed by atoms with van der Waals surface area (Å²) in [5.74, 6) is 0.654. The molecule has 1 aromatic rings. The minimum Gasteiger partial charge on any atom is -0.469 e. The normalized spacial score (nSPS) is 20.1. The summed E-state index contributed by atoms with van der Waals surface area (Å²) < 4.78 is 47.4. The summed E-state index contributed by atoms with van der Waals surface area (Å²) in [7, 11) is 0. The quantitative estimate of drug-likeness (QED) is 0.337. The Hall–Kier alpha value is -2.98. The van der Waals surface area contributed by atoms with E-state index in [0.29, 0.717) is 43.4 Å². The van der Waals surface area contributed by atoms with E-state index >= 15 is 0 Å². The third kappa shape index (κ3) is 6.77. The molecule has 3 heterocycles. The average molecular weight is 483 g/mol. The molecule has 1 aliphatic carbocycles. The number of nitrogen functional groups attached to an aromatic ring is 1. The van der Waals surface area contributed by atoms with Gasteiger partial charge in [0.05, 0.1) is 32.4 Å². The van der Waals surface area contributed by atoms with Crippen LogP contribution in [0.1, 0.15) is 37.7 Å². The molecule has 10 nitrogen and oxygen atoms in total. The Labute approximate surface area is 195 Å². The predicted molar refractivity (Wildman–Crippen MR) is 117 cm³/mol. The highest BCUT2D eigenvalue weighted by atomic mass is 19.4. The van der Waals surface area contributed by atoms with Crippen LogP contribution in [0.15, 0.2) is 6.20 Å². The maximum absolute atomic E-state index is 12.5. The highest BCUT2D eigenvalue weighted by Gasteiger charge is 2.37. The Morgan fingerprint density at radius 2 is 1.97 bits per heavy atom. The smallest absolute Gasteiger partial charge is 0.423 e. The highest BCUT2D eigenvalue weighted by molar-refractivity contribution is 6.00. The number of alkyl halides is 3. The molecule has 0 spiro atoms. The summed E-state index contributed by atoms with van der Waals surface area (Å²) in [5, 5.41) is 25.0. The van der Waals surface area contributed by atoms with Crippen LogP contribution >= 0.6 is 0 Å². The number of nitrogens with zero attached hydrogens (tertiary/aromatic N) is 5. The lowest BCUT2D eigenvalue weighted by Crippen LogP contribution is -2.53. The second-order valence-corrected chi connectivity index (χ2v) is 8.41. The fraction of sp³-hybridized carbons (Fsp3) is 0.667. The van der Waals surface area contributed by atoms with Crippen molar-refractivity contribution in [3.8, 4) is 11.9 Å². The van der Waals surface area contributed by atoms with Crippen LogP contribution in [-0.2, 0) is 10.9 Å². The lowest BCUT2D eigenvalue weighted by molar-refractivity contribution is -0.142.